The molecule has 1 heterocycles. The maximum absolute atomic E-state index is 12.4. The Morgan fingerprint density at radius 2 is 1.88 bits per heavy atom. The number of hydrogen-bond donors (Lipinski definition) is 1. The third kappa shape index (κ3) is 4.52. The second kappa shape index (κ2) is 7.89. The molecule has 0 aliphatic rings. The van der Waals surface area contributed by atoms with Gasteiger partial charge in [0.2, 0.25) is 0 Å². The van der Waals surface area contributed by atoms with Crippen molar-refractivity contribution in [2.45, 2.75) is 33.8 Å². The van der Waals surface area contributed by atoms with E-state index in [0.717, 1.165) is 15.3 Å². The van der Waals surface area contributed by atoms with Gasteiger partial charge in [0.1, 0.15) is 5.75 Å². The van der Waals surface area contributed by atoms with Crippen LogP contribution in [0.15, 0.2) is 18.2 Å². The Balaban J connectivity index is 2.09. The fraction of sp³-hybridized carbons (Fsp3) is 0.333. The summed E-state index contributed by atoms with van der Waals surface area (Å²) in [6.45, 7) is 7.11. The monoisotopic (exact) mass is 381 g/mol. The van der Waals surface area contributed by atoms with E-state index in [0.29, 0.717) is 22.0 Å². The fourth-order valence-corrected chi connectivity index (χ4v) is 3.34. The first-order valence-corrected chi connectivity index (χ1v) is 8.85. The normalized spacial score (nSPS) is 11.8. The number of aryl methyl sites for hydroxylation is 3. The standard InChI is InChI=1S/C18H20ClNO4S/c1-9-6-15(16(23-5)8-14(9)19)20-17(21)11(3)24-18(22)13-7-10(2)25-12(13)4/h6-8,11H,1-5H3,(H,20,21)/t11-/m0/s1. The SMILES string of the molecule is COc1cc(Cl)c(C)cc1NC(=O)[C@H](C)OC(=O)c1cc(C)sc1C. The van der Waals surface area contributed by atoms with Gasteiger partial charge in [0.25, 0.3) is 5.91 Å². The van der Waals surface area contributed by atoms with Crippen LogP contribution in [0.3, 0.4) is 0 Å². The predicted octanol–water partition coefficient (Wildman–Crippen LogP) is 4.52. The average Bonchev–Trinajstić information content (AvgIpc) is 2.89. The Morgan fingerprint density at radius 1 is 1.20 bits per heavy atom. The molecule has 7 heteroatoms. The van der Waals surface area contributed by atoms with Crippen molar-refractivity contribution in [3.05, 3.63) is 44.1 Å². The molecule has 0 unspecified atom stereocenters. The highest BCUT2D eigenvalue weighted by atomic mass is 35.5. The number of esters is 1. The zero-order chi connectivity index (χ0) is 18.7. The number of halogens is 1. The number of carbonyl (C=O) groups excluding carboxylic acids is 2. The third-order valence-electron chi connectivity index (χ3n) is 3.65. The smallest absolute Gasteiger partial charge is 0.340 e. The van der Waals surface area contributed by atoms with Crippen molar-refractivity contribution in [1.29, 1.82) is 0 Å². The molecule has 0 spiro atoms. The van der Waals surface area contributed by atoms with E-state index >= 15 is 0 Å². The first kappa shape index (κ1) is 19.3. The van der Waals surface area contributed by atoms with Crippen molar-refractivity contribution in [1.82, 2.24) is 0 Å². The van der Waals surface area contributed by atoms with Gasteiger partial charge in [0.05, 0.1) is 18.4 Å². The van der Waals surface area contributed by atoms with Crippen LogP contribution >= 0.6 is 22.9 Å². The number of hydrogen-bond acceptors (Lipinski definition) is 5. The number of benzene rings is 1. The Hall–Kier alpha value is -2.05. The zero-order valence-electron chi connectivity index (χ0n) is 14.7. The van der Waals surface area contributed by atoms with Gasteiger partial charge in [-0.2, -0.15) is 0 Å². The molecule has 0 saturated heterocycles. The highest BCUT2D eigenvalue weighted by molar-refractivity contribution is 7.12. The van der Waals surface area contributed by atoms with Gasteiger partial charge in [0, 0.05) is 20.8 Å². The molecule has 1 N–H and O–H groups in total. The molecule has 2 rings (SSSR count). The molecule has 1 atom stereocenters. The number of nitrogens with one attached hydrogen (secondary N) is 1. The van der Waals surface area contributed by atoms with E-state index in [1.807, 2.05) is 20.8 Å². The minimum atomic E-state index is -0.951. The number of methoxy groups -OCH3 is 1. The van der Waals surface area contributed by atoms with E-state index in [9.17, 15) is 9.59 Å². The van der Waals surface area contributed by atoms with E-state index in [1.54, 1.807) is 18.2 Å². The summed E-state index contributed by atoms with van der Waals surface area (Å²) in [6.07, 6.45) is -0.951. The van der Waals surface area contributed by atoms with E-state index in [2.05, 4.69) is 5.32 Å². The molecule has 2 aromatic rings. The van der Waals surface area contributed by atoms with E-state index in [4.69, 9.17) is 21.1 Å². The van der Waals surface area contributed by atoms with Gasteiger partial charge in [-0.05, 0) is 45.4 Å². The van der Waals surface area contributed by atoms with Gasteiger partial charge >= 0.3 is 5.97 Å². The molecule has 5 nitrogen and oxygen atoms in total. The topological polar surface area (TPSA) is 64.6 Å². The lowest BCUT2D eigenvalue weighted by Crippen LogP contribution is -2.30. The average molecular weight is 382 g/mol. The minimum absolute atomic E-state index is 0.437. The Labute approximate surface area is 155 Å². The molecule has 0 aliphatic heterocycles. The van der Waals surface area contributed by atoms with E-state index in [-0.39, 0.29) is 0 Å². The van der Waals surface area contributed by atoms with E-state index in [1.165, 1.54) is 25.4 Å². The molecule has 0 radical (unpaired) electrons. The lowest BCUT2D eigenvalue weighted by Gasteiger charge is -2.16. The molecular formula is C18H20ClNO4S. The molecule has 25 heavy (non-hydrogen) atoms. The zero-order valence-corrected chi connectivity index (χ0v) is 16.3. The van der Waals surface area contributed by atoms with Crippen molar-refractivity contribution < 1.29 is 19.1 Å². The van der Waals surface area contributed by atoms with Gasteiger partial charge in [0.15, 0.2) is 6.10 Å². The van der Waals surface area contributed by atoms with Crippen LogP contribution in [0.2, 0.25) is 5.02 Å². The van der Waals surface area contributed by atoms with Crippen LogP contribution < -0.4 is 10.1 Å². The minimum Gasteiger partial charge on any atom is -0.495 e. The summed E-state index contributed by atoms with van der Waals surface area (Å²) >= 11 is 7.57. The Bertz CT molecular complexity index is 816. The van der Waals surface area contributed by atoms with Crippen molar-refractivity contribution in [2.24, 2.45) is 0 Å². The van der Waals surface area contributed by atoms with Crippen LogP contribution in [0.4, 0.5) is 5.69 Å². The van der Waals surface area contributed by atoms with Crippen molar-refractivity contribution in [2.75, 3.05) is 12.4 Å². The number of anilines is 1. The summed E-state index contributed by atoms with van der Waals surface area (Å²) in [5, 5.41) is 3.25. The van der Waals surface area contributed by atoms with Gasteiger partial charge in [-0.1, -0.05) is 11.6 Å². The summed E-state index contributed by atoms with van der Waals surface area (Å²) in [5.74, 6) is -0.520. The molecule has 0 bridgehead atoms. The Kier molecular flexibility index (Phi) is 6.08. The molecule has 0 fully saturated rings. The Morgan fingerprint density at radius 3 is 2.44 bits per heavy atom. The molecule has 1 amide bonds. The number of rotatable bonds is 5. The predicted molar refractivity (Wildman–Crippen MR) is 100 cm³/mol. The van der Waals surface area contributed by atoms with Gasteiger partial charge < -0.3 is 14.8 Å². The van der Waals surface area contributed by atoms with Crippen LogP contribution in [-0.4, -0.2) is 25.1 Å². The number of carbonyl (C=O) groups is 2. The molecule has 1 aromatic carbocycles. The number of ether oxygens (including phenoxy) is 2. The van der Waals surface area contributed by atoms with Gasteiger partial charge in [-0.15, -0.1) is 11.3 Å². The van der Waals surface area contributed by atoms with Crippen LogP contribution in [0, 0.1) is 20.8 Å². The lowest BCUT2D eigenvalue weighted by atomic mass is 10.2. The summed E-state index contributed by atoms with van der Waals surface area (Å²) in [6, 6.07) is 5.10. The maximum Gasteiger partial charge on any atom is 0.340 e. The summed E-state index contributed by atoms with van der Waals surface area (Å²) in [5.41, 5.74) is 1.76. The first-order chi connectivity index (χ1) is 11.7. The van der Waals surface area contributed by atoms with Crippen molar-refractivity contribution in [3.8, 4) is 5.75 Å². The highest BCUT2D eigenvalue weighted by Crippen LogP contribution is 2.31. The summed E-state index contributed by atoms with van der Waals surface area (Å²) in [4.78, 5) is 26.5. The summed E-state index contributed by atoms with van der Waals surface area (Å²) in [7, 11) is 1.49. The third-order valence-corrected chi connectivity index (χ3v) is 5.03. The first-order valence-electron chi connectivity index (χ1n) is 7.66. The molecule has 0 saturated carbocycles. The summed E-state index contributed by atoms with van der Waals surface area (Å²) < 4.78 is 10.5. The maximum atomic E-state index is 12.4. The molecule has 134 valence electrons. The quantitative estimate of drug-likeness (QED) is 0.773. The largest absolute Gasteiger partial charge is 0.495 e. The fourth-order valence-electron chi connectivity index (χ4n) is 2.28. The lowest BCUT2D eigenvalue weighted by molar-refractivity contribution is -0.123. The molecular weight excluding hydrogens is 362 g/mol. The second-order valence-corrected chi connectivity index (χ2v) is 7.53. The number of thiophene rings is 1. The van der Waals surface area contributed by atoms with Crippen LogP contribution in [-0.2, 0) is 9.53 Å². The molecule has 1 aromatic heterocycles. The second-order valence-electron chi connectivity index (χ2n) is 5.67. The van der Waals surface area contributed by atoms with Gasteiger partial charge in [-0.25, -0.2) is 4.79 Å². The van der Waals surface area contributed by atoms with Crippen LogP contribution in [0.5, 0.6) is 5.75 Å². The highest BCUT2D eigenvalue weighted by Gasteiger charge is 2.22. The number of amides is 1. The van der Waals surface area contributed by atoms with Gasteiger partial charge in [-0.3, -0.25) is 4.79 Å². The van der Waals surface area contributed by atoms with Crippen molar-refractivity contribution >= 4 is 40.5 Å². The van der Waals surface area contributed by atoms with Crippen LogP contribution in [0.25, 0.3) is 0 Å². The molecule has 0 aliphatic carbocycles. The van der Waals surface area contributed by atoms with E-state index < -0.39 is 18.0 Å². The van der Waals surface area contributed by atoms with Crippen molar-refractivity contribution in [3.63, 3.8) is 0 Å². The van der Waals surface area contributed by atoms with Crippen LogP contribution in [0.1, 0.15) is 32.6 Å².